The van der Waals surface area contributed by atoms with Gasteiger partial charge in [-0.05, 0) is 70.0 Å². The molecule has 242 valence electrons. The standard InChI is InChI=1S/C42H42N3O.Pt/c1-25(2)29-17-12-18-30(26(3)4)40(29)45-24-36(32-19-10-14-27-13-8-9-16-31(27)32)44-41(45)35-23-34(42(5,6)7)33-22-21-28-15-11-20-37(46)38(28)39(33)43-35;/h8-15,17-20,23-26,46H,21-22H2,1-7H3;/q-1;. The predicted molar refractivity (Wildman–Crippen MR) is 190 cm³/mol. The van der Waals surface area contributed by atoms with E-state index in [1.807, 2.05) is 18.2 Å². The summed E-state index contributed by atoms with van der Waals surface area (Å²) in [6, 6.07) is 30.7. The van der Waals surface area contributed by atoms with Gasteiger partial charge < -0.3 is 5.11 Å². The molecule has 1 aliphatic carbocycles. The first-order valence-corrected chi connectivity index (χ1v) is 16.5. The van der Waals surface area contributed by atoms with E-state index < -0.39 is 0 Å². The Kier molecular flexibility index (Phi) is 8.78. The molecule has 4 nitrogen and oxygen atoms in total. The number of rotatable bonds is 5. The number of phenolic OH excluding ortho intramolecular Hbond substituents is 1. The monoisotopic (exact) mass is 799 g/mol. The molecule has 1 N–H and O–H groups in total. The van der Waals surface area contributed by atoms with Gasteiger partial charge in [-0.3, -0.25) is 4.57 Å². The van der Waals surface area contributed by atoms with Crippen LogP contribution in [-0.4, -0.2) is 19.6 Å². The SMILES string of the molecule is CC(C)c1cccc(C(C)C)c1-n1cc(-c2cccc3ccc[c-]c23)nc1-c1cc(C(C)(C)C)c2c(n1)-c1c(O)cccc1CC2.[Pt]. The molecule has 0 atom stereocenters. The van der Waals surface area contributed by atoms with Gasteiger partial charge in [0.15, 0.2) is 5.82 Å². The van der Waals surface area contributed by atoms with E-state index in [1.165, 1.54) is 27.9 Å². The zero-order valence-electron chi connectivity index (χ0n) is 28.3. The third kappa shape index (κ3) is 5.76. The second-order valence-corrected chi connectivity index (χ2v) is 14.3. The van der Waals surface area contributed by atoms with Gasteiger partial charge in [-0.25, -0.2) is 9.97 Å². The van der Waals surface area contributed by atoms with Gasteiger partial charge in [0.25, 0.3) is 0 Å². The molecule has 6 aromatic rings. The second-order valence-electron chi connectivity index (χ2n) is 14.3. The topological polar surface area (TPSA) is 50.9 Å². The van der Waals surface area contributed by atoms with E-state index in [4.69, 9.17) is 9.97 Å². The van der Waals surface area contributed by atoms with E-state index in [0.29, 0.717) is 11.8 Å². The van der Waals surface area contributed by atoms with E-state index in [9.17, 15) is 5.11 Å². The molecule has 5 heteroatoms. The van der Waals surface area contributed by atoms with Crippen LogP contribution in [0.25, 0.3) is 50.5 Å². The van der Waals surface area contributed by atoms with Crippen LogP contribution in [0.1, 0.15) is 88.1 Å². The Hall–Kier alpha value is -4.01. The number of nitrogens with zero attached hydrogens (tertiary/aromatic N) is 3. The van der Waals surface area contributed by atoms with Crippen molar-refractivity contribution >= 4 is 10.8 Å². The molecule has 2 heterocycles. The van der Waals surface area contributed by atoms with Crippen LogP contribution >= 0.6 is 0 Å². The first kappa shape index (κ1) is 32.9. The molecule has 0 saturated heterocycles. The number of para-hydroxylation sites is 1. The number of aryl methyl sites for hydroxylation is 1. The molecule has 4 aromatic carbocycles. The third-order valence-corrected chi connectivity index (χ3v) is 9.43. The molecule has 2 aromatic heterocycles. The number of benzene rings is 4. The number of aromatic nitrogens is 3. The van der Waals surface area contributed by atoms with Crippen molar-refractivity contribution in [2.75, 3.05) is 0 Å². The first-order chi connectivity index (χ1) is 22.0. The Morgan fingerprint density at radius 1 is 0.809 bits per heavy atom. The van der Waals surface area contributed by atoms with E-state index in [-0.39, 0.29) is 32.2 Å². The summed E-state index contributed by atoms with van der Waals surface area (Å²) in [5.74, 6) is 1.70. The van der Waals surface area contributed by atoms with Gasteiger partial charge in [0.05, 0.1) is 11.4 Å². The van der Waals surface area contributed by atoms with Crippen molar-refractivity contribution in [2.24, 2.45) is 0 Å². The van der Waals surface area contributed by atoms with E-state index >= 15 is 0 Å². The number of phenols is 1. The maximum atomic E-state index is 11.2. The van der Waals surface area contributed by atoms with Gasteiger partial charge in [-0.2, -0.15) is 0 Å². The average Bonchev–Trinajstić information content (AvgIpc) is 3.48. The molecule has 0 aliphatic heterocycles. The zero-order chi connectivity index (χ0) is 32.3. The van der Waals surface area contributed by atoms with E-state index in [2.05, 4.69) is 120 Å². The number of hydrogen-bond acceptors (Lipinski definition) is 3. The van der Waals surface area contributed by atoms with E-state index in [1.54, 1.807) is 6.07 Å². The number of hydrogen-bond donors (Lipinski definition) is 1. The Bertz CT molecular complexity index is 2080. The molecule has 0 fully saturated rings. The minimum atomic E-state index is -0.131. The summed E-state index contributed by atoms with van der Waals surface area (Å²) < 4.78 is 2.29. The van der Waals surface area contributed by atoms with Gasteiger partial charge in [0, 0.05) is 38.5 Å². The molecule has 47 heavy (non-hydrogen) atoms. The largest absolute Gasteiger partial charge is 0.507 e. The normalized spacial score (nSPS) is 12.7. The summed E-state index contributed by atoms with van der Waals surface area (Å²) in [5, 5.41) is 13.4. The second kappa shape index (κ2) is 12.5. The smallest absolute Gasteiger partial charge is 0.163 e. The van der Waals surface area contributed by atoms with Crippen LogP contribution in [0.4, 0.5) is 0 Å². The molecule has 0 bridgehead atoms. The van der Waals surface area contributed by atoms with E-state index in [0.717, 1.165) is 63.2 Å². The fourth-order valence-corrected chi connectivity index (χ4v) is 7.16. The average molecular weight is 800 g/mol. The Morgan fingerprint density at radius 3 is 2.19 bits per heavy atom. The summed E-state index contributed by atoms with van der Waals surface area (Å²) in [4.78, 5) is 10.9. The van der Waals surface area contributed by atoms with Crippen LogP contribution in [-0.2, 0) is 39.3 Å². The summed E-state index contributed by atoms with van der Waals surface area (Å²) in [6.45, 7) is 15.8. The fourth-order valence-electron chi connectivity index (χ4n) is 7.16. The number of imidazole rings is 1. The van der Waals surface area contributed by atoms with Crippen molar-refractivity contribution in [1.29, 1.82) is 0 Å². The number of pyridine rings is 1. The maximum absolute atomic E-state index is 11.2. The van der Waals surface area contributed by atoms with Crippen LogP contribution < -0.4 is 0 Å². The number of fused-ring (bicyclic) bond motifs is 4. The molecule has 1 aliphatic rings. The molecule has 0 spiro atoms. The quantitative estimate of drug-likeness (QED) is 0.177. The first-order valence-electron chi connectivity index (χ1n) is 16.5. The molecule has 0 saturated carbocycles. The van der Waals surface area contributed by atoms with Crippen molar-refractivity contribution in [1.82, 2.24) is 14.5 Å². The van der Waals surface area contributed by atoms with Crippen molar-refractivity contribution in [2.45, 2.75) is 78.6 Å². The van der Waals surface area contributed by atoms with Crippen LogP contribution in [0.3, 0.4) is 0 Å². The van der Waals surface area contributed by atoms with Crippen molar-refractivity contribution in [3.05, 3.63) is 119 Å². The van der Waals surface area contributed by atoms with Gasteiger partial charge in [0.1, 0.15) is 11.4 Å². The summed E-state index contributed by atoms with van der Waals surface area (Å²) in [5.41, 5.74) is 11.7. The summed E-state index contributed by atoms with van der Waals surface area (Å²) in [6.07, 6.45) is 3.98. The van der Waals surface area contributed by atoms with Crippen LogP contribution in [0.5, 0.6) is 5.75 Å². The fraction of sp³-hybridized carbons (Fsp3) is 0.286. The summed E-state index contributed by atoms with van der Waals surface area (Å²) in [7, 11) is 0. The molecule has 0 amide bonds. The van der Waals surface area contributed by atoms with Crippen LogP contribution in [0, 0.1) is 6.07 Å². The minimum absolute atomic E-state index is 0. The van der Waals surface area contributed by atoms with Crippen molar-refractivity contribution in [3.63, 3.8) is 0 Å². The van der Waals surface area contributed by atoms with Crippen LogP contribution in [0.15, 0.2) is 85.1 Å². The minimum Gasteiger partial charge on any atom is -0.507 e. The Morgan fingerprint density at radius 2 is 1.49 bits per heavy atom. The molecule has 0 radical (unpaired) electrons. The third-order valence-electron chi connectivity index (χ3n) is 9.43. The van der Waals surface area contributed by atoms with Gasteiger partial charge >= 0.3 is 0 Å². The maximum Gasteiger partial charge on any atom is 0.163 e. The number of aromatic hydroxyl groups is 1. The molecule has 0 unspecified atom stereocenters. The predicted octanol–water partition coefficient (Wildman–Crippen LogP) is 10.6. The van der Waals surface area contributed by atoms with Crippen LogP contribution in [0.2, 0.25) is 0 Å². The summed E-state index contributed by atoms with van der Waals surface area (Å²) >= 11 is 0. The van der Waals surface area contributed by atoms with Gasteiger partial charge in [-0.15, -0.1) is 35.0 Å². The zero-order valence-corrected chi connectivity index (χ0v) is 30.5. The Labute approximate surface area is 293 Å². The Balaban J connectivity index is 0.00000386. The van der Waals surface area contributed by atoms with Crippen molar-refractivity contribution in [3.8, 4) is 45.5 Å². The van der Waals surface area contributed by atoms with Gasteiger partial charge in [-0.1, -0.05) is 103 Å². The molecular formula is C42H42N3OPt-. The molecular weight excluding hydrogens is 758 g/mol. The molecule has 7 rings (SSSR count). The van der Waals surface area contributed by atoms with Gasteiger partial charge in [0.2, 0.25) is 0 Å². The van der Waals surface area contributed by atoms with Crippen molar-refractivity contribution < 1.29 is 26.2 Å².